The molecule has 2 aromatic rings. The lowest BCUT2D eigenvalue weighted by Gasteiger charge is -2.02. The minimum Gasteiger partial charge on any atom is -0.387 e. The van der Waals surface area contributed by atoms with Crippen LogP contribution in [-0.2, 0) is 0 Å². The molecular formula is C15H13NO. The van der Waals surface area contributed by atoms with Gasteiger partial charge in [-0.2, -0.15) is 0 Å². The van der Waals surface area contributed by atoms with Crippen molar-refractivity contribution >= 4 is 0 Å². The van der Waals surface area contributed by atoms with Crippen molar-refractivity contribution in [3.05, 3.63) is 65.5 Å². The number of pyridine rings is 1. The van der Waals surface area contributed by atoms with Gasteiger partial charge in [0.25, 0.3) is 0 Å². The minimum atomic E-state index is -0.562. The molecule has 1 aromatic carbocycles. The van der Waals surface area contributed by atoms with Gasteiger partial charge in [-0.25, -0.2) is 4.98 Å². The van der Waals surface area contributed by atoms with Crippen molar-refractivity contribution in [1.82, 2.24) is 4.98 Å². The highest BCUT2D eigenvalue weighted by Crippen LogP contribution is 2.08. The van der Waals surface area contributed by atoms with Crippen LogP contribution < -0.4 is 0 Å². The molecule has 0 spiro atoms. The number of aromatic nitrogens is 1. The topological polar surface area (TPSA) is 33.1 Å². The van der Waals surface area contributed by atoms with Gasteiger partial charge in [0.15, 0.2) is 0 Å². The average molecular weight is 223 g/mol. The van der Waals surface area contributed by atoms with E-state index in [2.05, 4.69) is 16.8 Å². The fourth-order valence-electron chi connectivity index (χ4n) is 1.41. The number of aliphatic hydroxyl groups is 1. The van der Waals surface area contributed by atoms with Crippen LogP contribution in [0.2, 0.25) is 0 Å². The predicted octanol–water partition coefficient (Wildman–Crippen LogP) is 2.53. The highest BCUT2D eigenvalue weighted by molar-refractivity contribution is 5.40. The van der Waals surface area contributed by atoms with E-state index in [4.69, 9.17) is 0 Å². The molecule has 0 saturated carbocycles. The summed E-state index contributed by atoms with van der Waals surface area (Å²) in [5.74, 6) is 6.02. The highest BCUT2D eigenvalue weighted by Gasteiger charge is 2.01. The van der Waals surface area contributed by atoms with Crippen LogP contribution in [0.4, 0.5) is 0 Å². The molecule has 0 bridgehead atoms. The van der Waals surface area contributed by atoms with E-state index in [1.807, 2.05) is 42.5 Å². The summed E-state index contributed by atoms with van der Waals surface area (Å²) in [6, 6.07) is 15.2. The molecular weight excluding hydrogens is 210 g/mol. The van der Waals surface area contributed by atoms with Gasteiger partial charge in [-0.15, -0.1) is 0 Å². The molecule has 0 saturated heterocycles. The molecule has 1 atom stereocenters. The third kappa shape index (κ3) is 3.17. The molecule has 2 heteroatoms. The van der Waals surface area contributed by atoms with E-state index in [0.717, 1.165) is 5.56 Å². The molecule has 0 aliphatic rings. The van der Waals surface area contributed by atoms with Crippen molar-refractivity contribution in [1.29, 1.82) is 0 Å². The van der Waals surface area contributed by atoms with Gasteiger partial charge in [0.2, 0.25) is 0 Å². The van der Waals surface area contributed by atoms with Crippen LogP contribution in [0.15, 0.2) is 48.5 Å². The van der Waals surface area contributed by atoms with Crippen molar-refractivity contribution in [2.45, 2.75) is 13.0 Å². The van der Waals surface area contributed by atoms with Crippen LogP contribution in [0, 0.1) is 11.8 Å². The first-order valence-corrected chi connectivity index (χ1v) is 5.48. The molecule has 0 fully saturated rings. The van der Waals surface area contributed by atoms with Gasteiger partial charge in [-0.1, -0.05) is 30.2 Å². The summed E-state index contributed by atoms with van der Waals surface area (Å²) in [4.78, 5) is 4.26. The van der Waals surface area contributed by atoms with Crippen molar-refractivity contribution < 1.29 is 5.11 Å². The second-order valence-electron chi connectivity index (χ2n) is 3.74. The summed E-state index contributed by atoms with van der Waals surface area (Å²) >= 11 is 0. The van der Waals surface area contributed by atoms with E-state index in [0.29, 0.717) is 11.4 Å². The molecule has 2 nitrogen and oxygen atoms in total. The van der Waals surface area contributed by atoms with Crippen LogP contribution in [0.1, 0.15) is 30.0 Å². The van der Waals surface area contributed by atoms with Gasteiger partial charge in [0, 0.05) is 5.56 Å². The monoisotopic (exact) mass is 223 g/mol. The Hall–Kier alpha value is -2.11. The van der Waals surface area contributed by atoms with Crippen molar-refractivity contribution in [2.24, 2.45) is 0 Å². The highest BCUT2D eigenvalue weighted by atomic mass is 16.3. The molecule has 84 valence electrons. The van der Waals surface area contributed by atoms with E-state index in [9.17, 15) is 5.11 Å². The normalized spacial score (nSPS) is 11.4. The quantitative estimate of drug-likeness (QED) is 0.754. The smallest absolute Gasteiger partial charge is 0.113 e. The van der Waals surface area contributed by atoms with Crippen LogP contribution >= 0.6 is 0 Å². The average Bonchev–Trinajstić information content (AvgIpc) is 2.38. The van der Waals surface area contributed by atoms with Gasteiger partial charge in [-0.3, -0.25) is 0 Å². The Morgan fingerprint density at radius 2 is 1.76 bits per heavy atom. The fraction of sp³-hybridized carbons (Fsp3) is 0.133. The summed E-state index contributed by atoms with van der Waals surface area (Å²) in [7, 11) is 0. The van der Waals surface area contributed by atoms with E-state index in [1.165, 1.54) is 0 Å². The second-order valence-corrected chi connectivity index (χ2v) is 3.74. The fourth-order valence-corrected chi connectivity index (χ4v) is 1.41. The number of hydrogen-bond donors (Lipinski definition) is 1. The van der Waals surface area contributed by atoms with Crippen LogP contribution in [0.3, 0.4) is 0 Å². The van der Waals surface area contributed by atoms with E-state index >= 15 is 0 Å². The van der Waals surface area contributed by atoms with E-state index in [1.54, 1.807) is 13.0 Å². The zero-order valence-corrected chi connectivity index (χ0v) is 9.59. The summed E-state index contributed by atoms with van der Waals surface area (Å²) in [6.07, 6.45) is -0.562. The molecule has 2 rings (SSSR count). The predicted molar refractivity (Wildman–Crippen MR) is 67.3 cm³/mol. The summed E-state index contributed by atoms with van der Waals surface area (Å²) in [5, 5.41) is 9.42. The summed E-state index contributed by atoms with van der Waals surface area (Å²) in [5.41, 5.74) is 2.27. The Labute approximate surface area is 101 Å². The van der Waals surface area contributed by atoms with Crippen molar-refractivity contribution in [3.63, 3.8) is 0 Å². The van der Waals surface area contributed by atoms with E-state index < -0.39 is 6.10 Å². The molecule has 1 heterocycles. The first kappa shape index (κ1) is 11.4. The third-order valence-corrected chi connectivity index (χ3v) is 2.31. The second kappa shape index (κ2) is 5.29. The van der Waals surface area contributed by atoms with Crippen LogP contribution in [-0.4, -0.2) is 10.1 Å². The lowest BCUT2D eigenvalue weighted by molar-refractivity contribution is 0.194. The van der Waals surface area contributed by atoms with Crippen LogP contribution in [0.5, 0.6) is 0 Å². The first-order chi connectivity index (χ1) is 8.25. The number of aliphatic hydroxyl groups excluding tert-OH is 1. The maximum Gasteiger partial charge on any atom is 0.113 e. The van der Waals surface area contributed by atoms with E-state index in [-0.39, 0.29) is 0 Å². The molecule has 0 aliphatic carbocycles. The molecule has 0 amide bonds. The molecule has 0 radical (unpaired) electrons. The Bertz CT molecular complexity index is 550. The van der Waals surface area contributed by atoms with Crippen LogP contribution in [0.25, 0.3) is 0 Å². The number of hydrogen-bond acceptors (Lipinski definition) is 2. The van der Waals surface area contributed by atoms with Gasteiger partial charge in [-0.05, 0) is 37.1 Å². The maximum atomic E-state index is 9.42. The lowest BCUT2D eigenvalue weighted by Crippen LogP contribution is -1.96. The summed E-state index contributed by atoms with van der Waals surface area (Å²) < 4.78 is 0. The Morgan fingerprint density at radius 3 is 2.47 bits per heavy atom. The Balaban J connectivity index is 2.25. The van der Waals surface area contributed by atoms with Crippen molar-refractivity contribution in [3.8, 4) is 11.8 Å². The van der Waals surface area contributed by atoms with Crippen molar-refractivity contribution in [2.75, 3.05) is 0 Å². The number of benzene rings is 1. The largest absolute Gasteiger partial charge is 0.387 e. The van der Waals surface area contributed by atoms with Gasteiger partial charge in [0.05, 0.1) is 11.8 Å². The standard InChI is InChI=1S/C15H13NO/c1-12(17)15-9-5-8-14(16-15)11-10-13-6-3-2-4-7-13/h2-9,12,17H,1H3/t12-/m0/s1. The SMILES string of the molecule is C[C@H](O)c1cccc(C#Cc2ccccc2)n1. The minimum absolute atomic E-state index is 0.562. The molecule has 0 unspecified atom stereocenters. The lowest BCUT2D eigenvalue weighted by atomic mass is 10.2. The Kier molecular flexibility index (Phi) is 3.54. The molecule has 0 aliphatic heterocycles. The van der Waals surface area contributed by atoms with Gasteiger partial charge in [0.1, 0.15) is 5.69 Å². The molecule has 17 heavy (non-hydrogen) atoms. The molecule has 1 aromatic heterocycles. The Morgan fingerprint density at radius 1 is 1.00 bits per heavy atom. The van der Waals surface area contributed by atoms with Gasteiger partial charge < -0.3 is 5.11 Å². The third-order valence-electron chi connectivity index (χ3n) is 2.31. The number of rotatable bonds is 1. The maximum absolute atomic E-state index is 9.42. The first-order valence-electron chi connectivity index (χ1n) is 5.48. The summed E-state index contributed by atoms with van der Waals surface area (Å²) in [6.45, 7) is 1.69. The zero-order chi connectivity index (χ0) is 12.1. The van der Waals surface area contributed by atoms with Gasteiger partial charge >= 0.3 is 0 Å². The molecule has 1 N–H and O–H groups in total. The number of nitrogens with zero attached hydrogens (tertiary/aromatic N) is 1. The zero-order valence-electron chi connectivity index (χ0n) is 9.59.